The first-order valence-corrected chi connectivity index (χ1v) is 8.27. The van der Waals surface area contributed by atoms with E-state index in [2.05, 4.69) is 15.5 Å². The van der Waals surface area contributed by atoms with Crippen molar-refractivity contribution in [2.24, 2.45) is 0 Å². The largest absolute Gasteiger partial charge is 0.387 e. The van der Waals surface area contributed by atoms with Crippen molar-refractivity contribution in [3.8, 4) is 0 Å². The molecular weight excluding hydrogens is 306 g/mol. The van der Waals surface area contributed by atoms with Gasteiger partial charge in [0.2, 0.25) is 5.91 Å². The highest BCUT2D eigenvalue weighted by Crippen LogP contribution is 2.24. The minimum absolute atomic E-state index is 0.124. The van der Waals surface area contributed by atoms with Crippen LogP contribution in [0.2, 0.25) is 0 Å². The summed E-state index contributed by atoms with van der Waals surface area (Å²) in [5, 5.41) is 20.2. The Morgan fingerprint density at radius 1 is 1.43 bits per heavy atom. The van der Waals surface area contributed by atoms with Crippen LogP contribution in [-0.2, 0) is 4.79 Å². The molecule has 7 heteroatoms. The van der Waals surface area contributed by atoms with E-state index in [-0.39, 0.29) is 17.7 Å². The van der Waals surface area contributed by atoms with Crippen LogP contribution in [0.25, 0.3) is 0 Å². The molecular formula is C14H17N3O2S2. The minimum atomic E-state index is -0.701. The van der Waals surface area contributed by atoms with Crippen molar-refractivity contribution in [2.45, 2.75) is 29.5 Å². The van der Waals surface area contributed by atoms with E-state index < -0.39 is 6.10 Å². The molecule has 2 atom stereocenters. The lowest BCUT2D eigenvalue weighted by atomic mass is 10.1. The Morgan fingerprint density at radius 2 is 2.14 bits per heavy atom. The molecule has 5 nitrogen and oxygen atoms in total. The number of nitrogens with zero attached hydrogens (tertiary/aromatic N) is 2. The number of benzene rings is 1. The number of nitrogens with one attached hydrogen (secondary N) is 1. The van der Waals surface area contributed by atoms with Gasteiger partial charge in [-0.3, -0.25) is 4.79 Å². The van der Waals surface area contributed by atoms with Crippen molar-refractivity contribution in [2.75, 3.05) is 6.54 Å². The number of hydrogen-bond acceptors (Lipinski definition) is 6. The zero-order valence-electron chi connectivity index (χ0n) is 11.8. The molecule has 0 bridgehead atoms. The molecule has 21 heavy (non-hydrogen) atoms. The fraction of sp³-hybridized carbons (Fsp3) is 0.357. The Hall–Kier alpha value is -1.44. The molecule has 1 heterocycles. The number of aliphatic hydroxyl groups excluding tert-OH is 1. The molecule has 2 unspecified atom stereocenters. The van der Waals surface area contributed by atoms with Crippen LogP contribution < -0.4 is 5.32 Å². The van der Waals surface area contributed by atoms with Crippen LogP contribution in [0.3, 0.4) is 0 Å². The van der Waals surface area contributed by atoms with Gasteiger partial charge in [-0.25, -0.2) is 0 Å². The maximum atomic E-state index is 12.0. The van der Waals surface area contributed by atoms with E-state index in [1.54, 1.807) is 12.4 Å². The van der Waals surface area contributed by atoms with Gasteiger partial charge >= 0.3 is 0 Å². The van der Waals surface area contributed by atoms with E-state index in [4.69, 9.17) is 0 Å². The molecule has 2 rings (SSSR count). The number of carbonyl (C=O) groups excluding carboxylic acids is 1. The molecule has 112 valence electrons. The Morgan fingerprint density at radius 3 is 2.76 bits per heavy atom. The maximum absolute atomic E-state index is 12.0. The van der Waals surface area contributed by atoms with Crippen LogP contribution in [0.15, 0.2) is 34.1 Å². The normalized spacial score (nSPS) is 13.7. The molecule has 0 saturated carbocycles. The number of carbonyl (C=O) groups is 1. The first-order valence-electron chi connectivity index (χ1n) is 6.51. The number of thioether (sulfide) groups is 1. The van der Waals surface area contributed by atoms with E-state index in [9.17, 15) is 9.90 Å². The van der Waals surface area contributed by atoms with Crippen LogP contribution >= 0.6 is 23.1 Å². The molecule has 0 radical (unpaired) electrons. The van der Waals surface area contributed by atoms with Crippen molar-refractivity contribution in [1.29, 1.82) is 0 Å². The molecule has 0 saturated heterocycles. The Kier molecular flexibility index (Phi) is 5.72. The van der Waals surface area contributed by atoms with E-state index in [1.165, 1.54) is 23.1 Å². The van der Waals surface area contributed by atoms with Gasteiger partial charge in [-0.2, -0.15) is 0 Å². The van der Waals surface area contributed by atoms with Crippen LogP contribution in [-0.4, -0.2) is 33.0 Å². The lowest BCUT2D eigenvalue weighted by Crippen LogP contribution is -2.34. The second-order valence-corrected chi connectivity index (χ2v) is 7.06. The van der Waals surface area contributed by atoms with Crippen molar-refractivity contribution in [1.82, 2.24) is 15.5 Å². The highest BCUT2D eigenvalue weighted by atomic mass is 32.2. The standard InChI is InChI=1S/C14H17N3O2S2/c1-9-3-5-11(6-4-9)12(18)7-15-13(19)10(2)21-14-17-16-8-20-14/h3-6,8,10,12,18H,7H2,1-2H3,(H,15,19). The fourth-order valence-corrected chi connectivity index (χ4v) is 3.32. The summed E-state index contributed by atoms with van der Waals surface area (Å²) >= 11 is 2.76. The number of hydrogen-bond donors (Lipinski definition) is 2. The maximum Gasteiger partial charge on any atom is 0.233 e. The molecule has 0 aliphatic carbocycles. The van der Waals surface area contributed by atoms with Crippen molar-refractivity contribution in [3.05, 3.63) is 40.9 Å². The fourth-order valence-electron chi connectivity index (χ4n) is 1.67. The number of aryl methyl sites for hydroxylation is 1. The molecule has 0 fully saturated rings. The lowest BCUT2D eigenvalue weighted by Gasteiger charge is -2.14. The van der Waals surface area contributed by atoms with Crippen molar-refractivity contribution in [3.63, 3.8) is 0 Å². The van der Waals surface area contributed by atoms with E-state index in [0.29, 0.717) is 0 Å². The van der Waals surface area contributed by atoms with Gasteiger partial charge in [0, 0.05) is 6.54 Å². The monoisotopic (exact) mass is 323 g/mol. The van der Waals surface area contributed by atoms with Gasteiger partial charge in [-0.1, -0.05) is 52.9 Å². The number of rotatable bonds is 6. The third-order valence-corrected chi connectivity index (χ3v) is 4.83. The quantitative estimate of drug-likeness (QED) is 0.797. The number of amides is 1. The van der Waals surface area contributed by atoms with Gasteiger partial charge in [0.15, 0.2) is 4.34 Å². The van der Waals surface area contributed by atoms with E-state index >= 15 is 0 Å². The van der Waals surface area contributed by atoms with Gasteiger partial charge in [-0.05, 0) is 19.4 Å². The smallest absolute Gasteiger partial charge is 0.233 e. The van der Waals surface area contributed by atoms with Crippen LogP contribution in [0, 0.1) is 6.92 Å². The van der Waals surface area contributed by atoms with Gasteiger partial charge in [0.25, 0.3) is 0 Å². The third-order valence-electron chi connectivity index (χ3n) is 2.92. The summed E-state index contributed by atoms with van der Waals surface area (Å²) in [4.78, 5) is 12.0. The van der Waals surface area contributed by atoms with E-state index in [1.807, 2.05) is 31.2 Å². The average Bonchev–Trinajstić information content (AvgIpc) is 2.98. The van der Waals surface area contributed by atoms with Gasteiger partial charge in [-0.15, -0.1) is 10.2 Å². The summed E-state index contributed by atoms with van der Waals surface area (Å²) in [6, 6.07) is 7.61. The molecule has 1 aromatic carbocycles. The third kappa shape index (κ3) is 4.80. The first-order chi connectivity index (χ1) is 10.1. The predicted octanol–water partition coefficient (Wildman–Crippen LogP) is 2.18. The molecule has 0 spiro atoms. The minimum Gasteiger partial charge on any atom is -0.387 e. The Bertz CT molecular complexity index is 572. The molecule has 2 aromatic rings. The van der Waals surface area contributed by atoms with E-state index in [0.717, 1.165) is 15.5 Å². The summed E-state index contributed by atoms with van der Waals surface area (Å²) < 4.78 is 0.761. The second-order valence-electron chi connectivity index (χ2n) is 4.64. The highest BCUT2D eigenvalue weighted by molar-refractivity contribution is 8.02. The van der Waals surface area contributed by atoms with Crippen molar-refractivity contribution < 1.29 is 9.90 Å². The predicted molar refractivity (Wildman–Crippen MR) is 84.4 cm³/mol. The topological polar surface area (TPSA) is 75.1 Å². The van der Waals surface area contributed by atoms with Crippen molar-refractivity contribution >= 4 is 29.0 Å². The van der Waals surface area contributed by atoms with Gasteiger partial charge in [0.1, 0.15) is 5.51 Å². The Labute approximate surface area is 131 Å². The highest BCUT2D eigenvalue weighted by Gasteiger charge is 2.17. The summed E-state index contributed by atoms with van der Waals surface area (Å²) in [6.07, 6.45) is -0.701. The molecule has 2 N–H and O–H groups in total. The zero-order valence-corrected chi connectivity index (χ0v) is 13.4. The van der Waals surface area contributed by atoms with Crippen LogP contribution in [0.1, 0.15) is 24.2 Å². The number of aliphatic hydroxyl groups is 1. The van der Waals surface area contributed by atoms with Crippen LogP contribution in [0.5, 0.6) is 0 Å². The summed E-state index contributed by atoms with van der Waals surface area (Å²) in [7, 11) is 0. The SMILES string of the molecule is Cc1ccc(C(O)CNC(=O)C(C)Sc2nncs2)cc1. The first kappa shape index (κ1) is 15.9. The lowest BCUT2D eigenvalue weighted by molar-refractivity contribution is -0.120. The molecule has 1 aromatic heterocycles. The summed E-state index contributed by atoms with van der Waals surface area (Å²) in [5.41, 5.74) is 3.57. The second kappa shape index (κ2) is 7.53. The average molecular weight is 323 g/mol. The Balaban J connectivity index is 1.81. The molecule has 0 aliphatic rings. The van der Waals surface area contributed by atoms with Gasteiger partial charge < -0.3 is 10.4 Å². The van der Waals surface area contributed by atoms with Gasteiger partial charge in [0.05, 0.1) is 11.4 Å². The molecule has 0 aliphatic heterocycles. The zero-order chi connectivity index (χ0) is 15.2. The molecule has 1 amide bonds. The summed E-state index contributed by atoms with van der Waals surface area (Å²) in [6.45, 7) is 3.99. The number of aromatic nitrogens is 2. The van der Waals surface area contributed by atoms with Crippen LogP contribution in [0.4, 0.5) is 0 Å². The summed E-state index contributed by atoms with van der Waals surface area (Å²) in [5.74, 6) is -0.124.